The Hall–Kier alpha value is -3.26. The van der Waals surface area contributed by atoms with Gasteiger partial charge >= 0.3 is 5.97 Å². The van der Waals surface area contributed by atoms with Crippen molar-refractivity contribution in [1.29, 1.82) is 0 Å². The molecule has 6 nitrogen and oxygen atoms in total. The van der Waals surface area contributed by atoms with Crippen LogP contribution in [-0.2, 0) is 9.53 Å². The maximum absolute atomic E-state index is 14.2. The zero-order valence-electron chi connectivity index (χ0n) is 17.7. The number of ether oxygens (including phenoxy) is 1. The SMILES string of the molecule is CC(C)c1c([C@@H]2CC[C@@H](C(=O)O)OC2)c2cc3[nH]ncc3cc2n1-c1ccc(F)c(F)c1. The van der Waals surface area contributed by atoms with E-state index in [1.807, 2.05) is 16.7 Å². The van der Waals surface area contributed by atoms with Crippen LogP contribution in [0.2, 0.25) is 0 Å². The number of halogens is 2. The average molecular weight is 439 g/mol. The Balaban J connectivity index is 1.78. The fourth-order valence-electron chi connectivity index (χ4n) is 4.84. The van der Waals surface area contributed by atoms with Crippen molar-refractivity contribution in [2.75, 3.05) is 6.61 Å². The molecule has 0 amide bonds. The summed E-state index contributed by atoms with van der Waals surface area (Å²) in [5.74, 6) is -2.70. The van der Waals surface area contributed by atoms with Gasteiger partial charge in [0.25, 0.3) is 0 Å². The second kappa shape index (κ2) is 7.70. The standard InChI is InChI=1S/C24H23F2N3O3/c1-12(2)23-22(13-3-6-21(24(30)31)32-11-13)16-9-19-14(10-27-28-19)7-20(16)29(23)15-4-5-17(25)18(26)8-15/h4-5,7-10,12-13,21H,3,6,11H2,1-2H3,(H,27,28)(H,30,31)/t13-,21+/m1/s1. The van der Waals surface area contributed by atoms with E-state index >= 15 is 0 Å². The zero-order chi connectivity index (χ0) is 22.6. The molecule has 1 saturated heterocycles. The first-order valence-electron chi connectivity index (χ1n) is 10.7. The molecule has 1 aliphatic heterocycles. The van der Waals surface area contributed by atoms with Crippen molar-refractivity contribution >= 4 is 27.8 Å². The molecule has 2 N–H and O–H groups in total. The molecule has 5 rings (SSSR count). The number of aliphatic carboxylic acids is 1. The van der Waals surface area contributed by atoms with Crippen LogP contribution in [0.4, 0.5) is 8.78 Å². The van der Waals surface area contributed by atoms with Crippen LogP contribution in [0.25, 0.3) is 27.5 Å². The maximum Gasteiger partial charge on any atom is 0.332 e. The topological polar surface area (TPSA) is 80.1 Å². The van der Waals surface area contributed by atoms with Gasteiger partial charge < -0.3 is 14.4 Å². The zero-order valence-corrected chi connectivity index (χ0v) is 17.7. The van der Waals surface area contributed by atoms with Crippen molar-refractivity contribution in [1.82, 2.24) is 14.8 Å². The predicted octanol–water partition coefficient (Wildman–Crippen LogP) is 5.26. The van der Waals surface area contributed by atoms with Crippen molar-refractivity contribution in [2.24, 2.45) is 0 Å². The molecule has 32 heavy (non-hydrogen) atoms. The van der Waals surface area contributed by atoms with Crippen LogP contribution in [0.15, 0.2) is 36.5 Å². The molecule has 4 aromatic rings. The molecule has 166 valence electrons. The number of carbonyl (C=O) groups is 1. The summed E-state index contributed by atoms with van der Waals surface area (Å²) in [6, 6.07) is 7.94. The molecule has 0 saturated carbocycles. The van der Waals surface area contributed by atoms with Gasteiger partial charge in [0, 0.05) is 34.1 Å². The summed E-state index contributed by atoms with van der Waals surface area (Å²) < 4.78 is 35.5. The fourth-order valence-corrected chi connectivity index (χ4v) is 4.84. The molecule has 0 spiro atoms. The number of hydrogen-bond donors (Lipinski definition) is 2. The minimum absolute atomic E-state index is 0.0163. The first-order chi connectivity index (χ1) is 15.3. The number of fused-ring (bicyclic) bond motifs is 2. The maximum atomic E-state index is 14.2. The van der Waals surface area contributed by atoms with Crippen LogP contribution in [0.1, 0.15) is 49.8 Å². The molecule has 2 aromatic carbocycles. The van der Waals surface area contributed by atoms with E-state index < -0.39 is 23.7 Å². The Bertz CT molecular complexity index is 1330. The quantitative estimate of drug-likeness (QED) is 0.455. The summed E-state index contributed by atoms with van der Waals surface area (Å²) in [6.45, 7) is 4.41. The monoisotopic (exact) mass is 439 g/mol. The van der Waals surface area contributed by atoms with Gasteiger partial charge in [0.2, 0.25) is 0 Å². The molecule has 0 unspecified atom stereocenters. The first kappa shape index (κ1) is 20.6. The summed E-state index contributed by atoms with van der Waals surface area (Å²) in [6.07, 6.45) is 2.01. The Morgan fingerprint density at radius 2 is 2.03 bits per heavy atom. The number of carboxylic acid groups (broad SMARTS) is 1. The highest BCUT2D eigenvalue weighted by atomic mass is 19.2. The summed E-state index contributed by atoms with van der Waals surface area (Å²) >= 11 is 0. The lowest BCUT2D eigenvalue weighted by atomic mass is 9.87. The minimum atomic E-state index is -0.948. The Labute approximate surface area is 182 Å². The molecular formula is C24H23F2N3O3. The third-order valence-electron chi connectivity index (χ3n) is 6.27. The van der Waals surface area contributed by atoms with Gasteiger partial charge in [-0.3, -0.25) is 5.10 Å². The van der Waals surface area contributed by atoms with Crippen molar-refractivity contribution in [3.05, 3.63) is 59.4 Å². The van der Waals surface area contributed by atoms with Crippen molar-refractivity contribution < 1.29 is 23.4 Å². The Morgan fingerprint density at radius 3 is 2.69 bits per heavy atom. The number of aromatic nitrogens is 3. The number of carboxylic acids is 1. The predicted molar refractivity (Wildman–Crippen MR) is 116 cm³/mol. The van der Waals surface area contributed by atoms with E-state index in [2.05, 4.69) is 24.0 Å². The van der Waals surface area contributed by atoms with Gasteiger partial charge in [-0.05, 0) is 48.6 Å². The molecule has 0 aliphatic carbocycles. The van der Waals surface area contributed by atoms with Gasteiger partial charge in [-0.2, -0.15) is 5.10 Å². The van der Waals surface area contributed by atoms with Crippen LogP contribution in [0.5, 0.6) is 0 Å². The van der Waals surface area contributed by atoms with Gasteiger partial charge in [0.05, 0.1) is 23.8 Å². The van der Waals surface area contributed by atoms with Crippen LogP contribution in [0.3, 0.4) is 0 Å². The van der Waals surface area contributed by atoms with Gasteiger partial charge in [0.1, 0.15) is 0 Å². The number of nitrogens with zero attached hydrogens (tertiary/aromatic N) is 2. The van der Waals surface area contributed by atoms with Crippen LogP contribution in [-0.4, -0.2) is 38.6 Å². The van der Waals surface area contributed by atoms with Gasteiger partial charge in [-0.1, -0.05) is 13.8 Å². The molecule has 8 heteroatoms. The van der Waals surface area contributed by atoms with E-state index in [4.69, 9.17) is 4.74 Å². The molecule has 2 atom stereocenters. The molecule has 1 aliphatic rings. The van der Waals surface area contributed by atoms with E-state index in [0.717, 1.165) is 39.1 Å². The van der Waals surface area contributed by atoms with E-state index in [1.54, 1.807) is 12.3 Å². The van der Waals surface area contributed by atoms with Crippen molar-refractivity contribution in [3.63, 3.8) is 0 Å². The molecular weight excluding hydrogens is 416 g/mol. The highest BCUT2D eigenvalue weighted by Crippen LogP contribution is 2.42. The summed E-state index contributed by atoms with van der Waals surface area (Å²) in [5.41, 5.74) is 4.31. The number of H-pyrrole nitrogens is 1. The van der Waals surface area contributed by atoms with E-state index in [9.17, 15) is 18.7 Å². The average Bonchev–Trinajstić information content (AvgIpc) is 3.36. The highest BCUT2D eigenvalue weighted by Gasteiger charge is 2.33. The van der Waals surface area contributed by atoms with Crippen LogP contribution in [0, 0.1) is 11.6 Å². The number of nitrogens with one attached hydrogen (secondary N) is 1. The summed E-state index contributed by atoms with van der Waals surface area (Å²) in [4.78, 5) is 11.3. The normalized spacial score (nSPS) is 19.3. The lowest BCUT2D eigenvalue weighted by Crippen LogP contribution is -2.31. The number of hydrogen-bond acceptors (Lipinski definition) is 3. The second-order valence-corrected chi connectivity index (χ2v) is 8.65. The summed E-state index contributed by atoms with van der Waals surface area (Å²) in [5, 5.41) is 18.3. The Kier molecular flexibility index (Phi) is 4.97. The molecule has 2 aromatic heterocycles. The van der Waals surface area contributed by atoms with E-state index in [1.165, 1.54) is 6.07 Å². The van der Waals surface area contributed by atoms with Crippen LogP contribution < -0.4 is 0 Å². The lowest BCUT2D eigenvalue weighted by Gasteiger charge is -2.28. The van der Waals surface area contributed by atoms with Crippen molar-refractivity contribution in [3.8, 4) is 5.69 Å². The third kappa shape index (κ3) is 3.26. The first-order valence-corrected chi connectivity index (χ1v) is 10.7. The van der Waals surface area contributed by atoms with Crippen LogP contribution >= 0.6 is 0 Å². The number of rotatable bonds is 4. The Morgan fingerprint density at radius 1 is 1.22 bits per heavy atom. The molecule has 0 radical (unpaired) electrons. The smallest absolute Gasteiger partial charge is 0.332 e. The van der Waals surface area contributed by atoms with Gasteiger partial charge in [0.15, 0.2) is 17.7 Å². The number of aromatic amines is 1. The second-order valence-electron chi connectivity index (χ2n) is 8.65. The van der Waals surface area contributed by atoms with Gasteiger partial charge in [-0.25, -0.2) is 13.6 Å². The van der Waals surface area contributed by atoms with E-state index in [-0.39, 0.29) is 18.4 Å². The molecule has 0 bridgehead atoms. The molecule has 1 fully saturated rings. The van der Waals surface area contributed by atoms with Gasteiger partial charge in [-0.15, -0.1) is 0 Å². The highest BCUT2D eigenvalue weighted by molar-refractivity contribution is 5.99. The summed E-state index contributed by atoms with van der Waals surface area (Å²) in [7, 11) is 0. The third-order valence-corrected chi connectivity index (χ3v) is 6.27. The fraction of sp³-hybridized carbons (Fsp3) is 0.333. The lowest BCUT2D eigenvalue weighted by molar-refractivity contribution is -0.153. The minimum Gasteiger partial charge on any atom is -0.479 e. The van der Waals surface area contributed by atoms with Crippen molar-refractivity contribution in [2.45, 2.75) is 44.6 Å². The largest absolute Gasteiger partial charge is 0.479 e. The molecule has 3 heterocycles. The van der Waals surface area contributed by atoms with E-state index in [0.29, 0.717) is 18.5 Å². The number of benzene rings is 2.